The fourth-order valence-electron chi connectivity index (χ4n) is 12.3. The second kappa shape index (κ2) is 31.3. The van der Waals surface area contributed by atoms with Crippen LogP contribution in [0.2, 0.25) is 5.02 Å². The smallest absolute Gasteiger partial charge is 0.351 e. The van der Waals surface area contributed by atoms with Crippen LogP contribution in [0.5, 0.6) is 0 Å². The monoisotopic (exact) mass is 1260 g/mol. The molecule has 1 spiro atoms. The lowest BCUT2D eigenvalue weighted by Crippen LogP contribution is -2.64. The zero-order valence-electron chi connectivity index (χ0n) is 53.7. The standard InChI is InChI=1S/C62H95ClF3N11O11/c1-14-38(6)52-59(87)73(10)34-50(80)71(8)35-51(81)75(12)47(32-40-19-17-20-40)58(86)72(9)33-48(78)68-44(25-23-41-22-24-42(43(63)31-41)62(64,65)66)57(85)77-28-18-21-45(77)55(83)70-61(26-15-16-27-61)60(88)76(13)53(37(4)5)56(84)67-39(7)30-49(79)74(11)46(29-36(2)3)54(82)69-52/h22,24,31,36-40,44-47,52-53H,14-21,23,25-30,32-35H2,1-13H3,(H,67,84)(H,68,78)(H,69,82)(H,70,83)/t38-,39+,44-,45?,46-,47-,52-,53-/m0/s1. The molecular formula is C62H95ClF3N11O11. The summed E-state index contributed by atoms with van der Waals surface area (Å²) in [5.74, 6) is -7.80. The molecule has 2 heterocycles. The summed E-state index contributed by atoms with van der Waals surface area (Å²) in [6.45, 7) is 10.9. The quantitative estimate of drug-likeness (QED) is 0.256. The van der Waals surface area contributed by atoms with Crippen LogP contribution in [0, 0.1) is 23.7 Å². The Kier molecular flexibility index (Phi) is 25.7. The predicted molar refractivity (Wildman–Crippen MR) is 323 cm³/mol. The van der Waals surface area contributed by atoms with E-state index in [9.17, 15) is 65.9 Å². The zero-order chi connectivity index (χ0) is 65.9. The van der Waals surface area contributed by atoms with Gasteiger partial charge in [-0.2, -0.15) is 13.2 Å². The maximum absolute atomic E-state index is 15.0. The van der Waals surface area contributed by atoms with Gasteiger partial charge in [0, 0.05) is 61.3 Å². The fraction of sp³-hybridized carbons (Fsp3) is 0.726. The second-order valence-electron chi connectivity index (χ2n) is 25.9. The molecule has 2 saturated carbocycles. The third-order valence-electron chi connectivity index (χ3n) is 18.1. The Hall–Kier alpha value is -6.53. The number of aryl methyl sites for hydroxylation is 1. The highest BCUT2D eigenvalue weighted by atomic mass is 35.5. The molecule has 1 aromatic rings. The maximum atomic E-state index is 15.0. The summed E-state index contributed by atoms with van der Waals surface area (Å²) in [6.07, 6.45) is 0.152. The molecule has 0 radical (unpaired) electrons. The Morgan fingerprint density at radius 2 is 1.28 bits per heavy atom. The molecule has 26 heteroatoms. The molecule has 4 aliphatic rings. The summed E-state index contributed by atoms with van der Waals surface area (Å²) in [4.78, 5) is 167. The van der Waals surface area contributed by atoms with E-state index in [2.05, 4.69) is 21.3 Å². The number of hydrogen-bond donors (Lipinski definition) is 4. The van der Waals surface area contributed by atoms with Gasteiger partial charge in [0.1, 0.15) is 41.8 Å². The first-order valence-corrected chi connectivity index (χ1v) is 31.4. The van der Waals surface area contributed by atoms with Gasteiger partial charge in [0.05, 0.1) is 30.2 Å². The largest absolute Gasteiger partial charge is 0.417 e. The van der Waals surface area contributed by atoms with Crippen molar-refractivity contribution in [3.63, 3.8) is 0 Å². The number of likely N-dealkylation sites (N-methyl/N-ethyl adjacent to an activating group) is 6. The van der Waals surface area contributed by atoms with Crippen LogP contribution in [0.25, 0.3) is 0 Å². The Labute approximate surface area is 521 Å². The Balaban J connectivity index is 1.53. The summed E-state index contributed by atoms with van der Waals surface area (Å²) in [7, 11) is 8.50. The number of halogens is 4. The molecule has 2 aliphatic carbocycles. The molecule has 4 N–H and O–H groups in total. The van der Waals surface area contributed by atoms with Gasteiger partial charge in [-0.15, -0.1) is 0 Å². The molecule has 22 nitrogen and oxygen atoms in total. The van der Waals surface area contributed by atoms with E-state index in [0.717, 1.165) is 46.1 Å². The number of carbonyl (C=O) groups excluding carboxylic acids is 11. The fourth-order valence-corrected chi connectivity index (χ4v) is 12.7. The van der Waals surface area contributed by atoms with Crippen LogP contribution in [0.4, 0.5) is 13.2 Å². The number of rotatable bonds is 10. The summed E-state index contributed by atoms with van der Waals surface area (Å²) in [5, 5.41) is 10.9. The van der Waals surface area contributed by atoms with Gasteiger partial charge in [-0.3, -0.25) is 52.7 Å². The topological polar surface area (TPSA) is 259 Å². The van der Waals surface area contributed by atoms with Gasteiger partial charge in [0.2, 0.25) is 65.0 Å². The van der Waals surface area contributed by atoms with Crippen LogP contribution in [-0.2, 0) is 65.3 Å². The predicted octanol–water partition coefficient (Wildman–Crippen LogP) is 4.38. The van der Waals surface area contributed by atoms with Crippen LogP contribution in [0.15, 0.2) is 18.2 Å². The third-order valence-corrected chi connectivity index (χ3v) is 18.4. The summed E-state index contributed by atoms with van der Waals surface area (Å²) in [6, 6.07) is -4.58. The minimum atomic E-state index is -4.74. The van der Waals surface area contributed by atoms with Gasteiger partial charge in [0.25, 0.3) is 0 Å². The van der Waals surface area contributed by atoms with Gasteiger partial charge < -0.3 is 55.6 Å². The number of alkyl halides is 3. The van der Waals surface area contributed by atoms with Crippen LogP contribution >= 0.6 is 11.6 Å². The molecule has 88 heavy (non-hydrogen) atoms. The molecule has 2 aliphatic heterocycles. The Morgan fingerprint density at radius 3 is 1.85 bits per heavy atom. The number of carbonyl (C=O) groups is 11. The Morgan fingerprint density at radius 1 is 0.670 bits per heavy atom. The first-order chi connectivity index (χ1) is 41.1. The van der Waals surface area contributed by atoms with E-state index in [0.29, 0.717) is 31.2 Å². The number of fused-ring (bicyclic) bond motifs is 1. The minimum absolute atomic E-state index is 0.0593. The van der Waals surface area contributed by atoms with Crippen molar-refractivity contribution in [1.29, 1.82) is 0 Å². The van der Waals surface area contributed by atoms with E-state index in [-0.39, 0.29) is 69.7 Å². The third kappa shape index (κ3) is 18.3. The van der Waals surface area contributed by atoms with E-state index in [1.807, 2.05) is 20.8 Å². The summed E-state index contributed by atoms with van der Waals surface area (Å²) >= 11 is 6.09. The van der Waals surface area contributed by atoms with E-state index >= 15 is 0 Å². The Bertz CT molecular complexity index is 2720. The normalized spacial score (nSPS) is 26.4. The van der Waals surface area contributed by atoms with Crippen molar-refractivity contribution in [2.75, 3.05) is 68.5 Å². The maximum Gasteiger partial charge on any atom is 0.417 e. The van der Waals surface area contributed by atoms with Gasteiger partial charge in [-0.25, -0.2) is 0 Å². The molecular weight excluding hydrogens is 1170 g/mol. The van der Waals surface area contributed by atoms with E-state index in [4.69, 9.17) is 11.6 Å². The lowest BCUT2D eigenvalue weighted by molar-refractivity contribution is -0.149. The van der Waals surface area contributed by atoms with Crippen molar-refractivity contribution in [1.82, 2.24) is 55.6 Å². The van der Waals surface area contributed by atoms with E-state index in [1.54, 1.807) is 27.7 Å². The van der Waals surface area contributed by atoms with Gasteiger partial charge in [-0.05, 0) is 99.7 Å². The lowest BCUT2D eigenvalue weighted by Gasteiger charge is -2.39. The van der Waals surface area contributed by atoms with Crippen molar-refractivity contribution < 1.29 is 65.9 Å². The number of benzene rings is 1. The van der Waals surface area contributed by atoms with Crippen LogP contribution in [0.3, 0.4) is 0 Å². The number of hydrogen-bond acceptors (Lipinski definition) is 11. The molecule has 8 atom stereocenters. The van der Waals surface area contributed by atoms with Crippen molar-refractivity contribution in [3.8, 4) is 0 Å². The first-order valence-electron chi connectivity index (χ1n) is 31.0. The molecule has 0 aromatic heterocycles. The highest BCUT2D eigenvalue weighted by Gasteiger charge is 2.50. The molecule has 1 aromatic carbocycles. The number of nitrogens with one attached hydrogen (secondary N) is 4. The van der Waals surface area contributed by atoms with Crippen molar-refractivity contribution in [3.05, 3.63) is 34.3 Å². The van der Waals surface area contributed by atoms with Crippen LogP contribution in [0.1, 0.15) is 149 Å². The zero-order valence-corrected chi connectivity index (χ0v) is 54.4. The second-order valence-corrected chi connectivity index (χ2v) is 26.3. The average Bonchev–Trinajstić information content (AvgIpc) is 3.12. The highest BCUT2D eigenvalue weighted by molar-refractivity contribution is 6.31. The average molecular weight is 1260 g/mol. The molecule has 4 fully saturated rings. The molecule has 492 valence electrons. The van der Waals surface area contributed by atoms with Crippen molar-refractivity contribution in [2.24, 2.45) is 23.7 Å². The van der Waals surface area contributed by atoms with E-state index in [1.165, 1.54) is 68.0 Å². The molecule has 5 rings (SSSR count). The number of amides is 11. The molecule has 11 amide bonds. The molecule has 1 unspecified atom stereocenters. The summed E-state index contributed by atoms with van der Waals surface area (Å²) < 4.78 is 41.2. The molecule has 2 saturated heterocycles. The molecule has 0 bridgehead atoms. The first kappa shape index (κ1) is 72.2. The van der Waals surface area contributed by atoms with Gasteiger partial charge in [-0.1, -0.05) is 97.7 Å². The van der Waals surface area contributed by atoms with Gasteiger partial charge >= 0.3 is 6.18 Å². The van der Waals surface area contributed by atoms with Crippen molar-refractivity contribution in [2.45, 2.75) is 199 Å². The van der Waals surface area contributed by atoms with Gasteiger partial charge in [0.15, 0.2) is 0 Å². The van der Waals surface area contributed by atoms with Crippen LogP contribution in [-0.4, -0.2) is 216 Å². The SMILES string of the molecule is CC[C@H](C)[C@@H]1NC(=O)[C@H](CC(C)C)N(C)C(=O)C[C@@H](C)NC(=O)[C@H](C(C)C)N(C)C(=O)C2(CCCC2)NC(=O)C2CCCN2C(=O)[C@H](CCc2ccc(C(F)(F)F)c(Cl)c2)NC(=O)CN(C)C(=O)[C@H](CC2CCC2)N(C)C(=O)CN(C)C(=O)CN(C)C1=O. The van der Waals surface area contributed by atoms with Crippen LogP contribution < -0.4 is 21.3 Å². The summed E-state index contributed by atoms with van der Waals surface area (Å²) in [5.41, 5.74) is -2.25. The highest BCUT2D eigenvalue weighted by Crippen LogP contribution is 2.37. The lowest BCUT2D eigenvalue weighted by atomic mass is 9.80. The number of nitrogens with zero attached hydrogens (tertiary/aromatic N) is 7. The van der Waals surface area contributed by atoms with E-state index < -0.39 is 161 Å². The minimum Gasteiger partial charge on any atom is -0.351 e. The van der Waals surface area contributed by atoms with Crippen molar-refractivity contribution >= 4 is 76.6 Å².